The fourth-order valence-electron chi connectivity index (χ4n) is 5.05. The van der Waals surface area contributed by atoms with Crippen molar-refractivity contribution in [1.29, 1.82) is 0 Å². The Bertz CT molecular complexity index is 1560. The molecule has 9 heteroatoms. The fraction of sp³-hybridized carbons (Fsp3) is 0.182. The third-order valence-corrected chi connectivity index (χ3v) is 7.35. The number of carboxylic acid groups (broad SMARTS) is 1. The summed E-state index contributed by atoms with van der Waals surface area (Å²) in [6, 6.07) is 28.3. The highest BCUT2D eigenvalue weighted by Crippen LogP contribution is 2.44. The van der Waals surface area contributed by atoms with E-state index < -0.39 is 30.1 Å². The number of fused-ring (bicyclic) bond motifs is 3. The zero-order valence-electron chi connectivity index (χ0n) is 22.8. The topological polar surface area (TPSA) is 114 Å². The van der Waals surface area contributed by atoms with Crippen LogP contribution in [0.3, 0.4) is 0 Å². The maximum absolute atomic E-state index is 13.0. The summed E-state index contributed by atoms with van der Waals surface area (Å²) in [4.78, 5) is 37.7. The molecular weight excluding hydrogens is 556 g/mol. The summed E-state index contributed by atoms with van der Waals surface area (Å²) in [5.74, 6) is -2.04. The molecule has 0 aliphatic heterocycles. The molecule has 1 aliphatic rings. The first-order chi connectivity index (χ1) is 20.3. The van der Waals surface area contributed by atoms with Crippen LogP contribution in [0.1, 0.15) is 39.9 Å². The van der Waals surface area contributed by atoms with E-state index in [1.807, 2.05) is 66.7 Å². The van der Waals surface area contributed by atoms with Crippen molar-refractivity contribution in [3.8, 4) is 11.1 Å². The van der Waals surface area contributed by atoms with Crippen LogP contribution in [0, 0.1) is 0 Å². The third kappa shape index (κ3) is 6.62. The van der Waals surface area contributed by atoms with E-state index in [1.165, 1.54) is 18.2 Å². The molecule has 5 rings (SSSR count). The second kappa shape index (κ2) is 12.9. The van der Waals surface area contributed by atoms with Crippen LogP contribution in [-0.2, 0) is 20.9 Å². The Morgan fingerprint density at radius 2 is 1.50 bits per heavy atom. The molecule has 0 aromatic heterocycles. The van der Waals surface area contributed by atoms with E-state index in [0.717, 1.165) is 27.8 Å². The van der Waals surface area contributed by atoms with E-state index in [2.05, 4.69) is 22.8 Å². The van der Waals surface area contributed by atoms with E-state index in [0.29, 0.717) is 0 Å². The molecule has 2 amide bonds. The SMILES string of the molecule is C[C@@H](OCc1ccccc1)[C@H](NC(=O)c1cc(Cl)cc(NC(=O)OCC2c3ccccc3-c3ccccc32)c1)C(=O)O. The summed E-state index contributed by atoms with van der Waals surface area (Å²) in [7, 11) is 0. The number of amides is 2. The molecule has 0 heterocycles. The summed E-state index contributed by atoms with van der Waals surface area (Å²) in [5.41, 5.74) is 5.58. The van der Waals surface area contributed by atoms with Gasteiger partial charge >= 0.3 is 12.1 Å². The van der Waals surface area contributed by atoms with Crippen molar-refractivity contribution in [3.05, 3.63) is 124 Å². The highest BCUT2D eigenvalue weighted by molar-refractivity contribution is 6.31. The molecule has 2 atom stereocenters. The van der Waals surface area contributed by atoms with Crippen molar-refractivity contribution < 1.29 is 29.0 Å². The van der Waals surface area contributed by atoms with Gasteiger partial charge in [0.05, 0.1) is 12.7 Å². The molecular formula is C33H29ClN2O6. The van der Waals surface area contributed by atoms with Crippen LogP contribution in [0.5, 0.6) is 0 Å². The minimum absolute atomic E-state index is 0.0676. The molecule has 0 radical (unpaired) electrons. The van der Waals surface area contributed by atoms with E-state index in [-0.39, 0.29) is 35.4 Å². The first-order valence-electron chi connectivity index (χ1n) is 13.4. The minimum atomic E-state index is -1.32. The molecule has 0 bridgehead atoms. The van der Waals surface area contributed by atoms with Crippen molar-refractivity contribution in [3.63, 3.8) is 0 Å². The first-order valence-corrected chi connectivity index (χ1v) is 13.8. The Labute approximate surface area is 248 Å². The van der Waals surface area contributed by atoms with Gasteiger partial charge < -0.3 is 19.9 Å². The number of rotatable bonds is 10. The lowest BCUT2D eigenvalue weighted by atomic mass is 9.98. The molecule has 42 heavy (non-hydrogen) atoms. The zero-order chi connectivity index (χ0) is 29.6. The Morgan fingerprint density at radius 1 is 0.881 bits per heavy atom. The van der Waals surface area contributed by atoms with Crippen LogP contribution in [0.2, 0.25) is 5.02 Å². The van der Waals surface area contributed by atoms with Crippen LogP contribution < -0.4 is 10.6 Å². The van der Waals surface area contributed by atoms with Crippen LogP contribution in [0.4, 0.5) is 10.5 Å². The summed E-state index contributed by atoms with van der Waals surface area (Å²) in [5, 5.41) is 15.0. The van der Waals surface area contributed by atoms with Crippen LogP contribution in [0.25, 0.3) is 11.1 Å². The number of carboxylic acids is 1. The number of benzene rings is 4. The van der Waals surface area contributed by atoms with Gasteiger partial charge in [-0.3, -0.25) is 10.1 Å². The molecule has 3 N–H and O–H groups in total. The molecule has 0 unspecified atom stereocenters. The number of nitrogens with one attached hydrogen (secondary N) is 2. The summed E-state index contributed by atoms with van der Waals surface area (Å²) in [6.07, 6.45) is -1.54. The standard InChI is InChI=1S/C33H29ClN2O6/c1-20(41-18-21-9-3-2-4-10-21)30(32(38)39)36-31(37)22-15-23(34)17-24(16-22)35-33(40)42-19-29-27-13-7-5-11-25(27)26-12-6-8-14-28(26)29/h2-17,20,29-30H,18-19H2,1H3,(H,35,40)(H,36,37)(H,38,39)/t20-,30+/m1/s1. The third-order valence-electron chi connectivity index (χ3n) is 7.13. The largest absolute Gasteiger partial charge is 0.480 e. The van der Waals surface area contributed by atoms with Gasteiger partial charge in [-0.2, -0.15) is 0 Å². The number of anilines is 1. The predicted octanol–water partition coefficient (Wildman–Crippen LogP) is 6.49. The number of aliphatic carboxylic acids is 1. The van der Waals surface area contributed by atoms with Gasteiger partial charge in [-0.25, -0.2) is 9.59 Å². The smallest absolute Gasteiger partial charge is 0.411 e. The molecule has 214 valence electrons. The zero-order valence-corrected chi connectivity index (χ0v) is 23.5. The maximum Gasteiger partial charge on any atom is 0.411 e. The van der Waals surface area contributed by atoms with E-state index in [4.69, 9.17) is 21.1 Å². The Morgan fingerprint density at radius 3 is 2.14 bits per heavy atom. The van der Waals surface area contributed by atoms with E-state index in [9.17, 15) is 19.5 Å². The molecule has 1 aliphatic carbocycles. The van der Waals surface area contributed by atoms with Gasteiger partial charge in [0, 0.05) is 22.2 Å². The Balaban J connectivity index is 1.21. The Hall–Kier alpha value is -4.66. The molecule has 0 saturated carbocycles. The van der Waals surface area contributed by atoms with Gasteiger partial charge in [0.25, 0.3) is 5.91 Å². The van der Waals surface area contributed by atoms with Gasteiger partial charge in [-0.1, -0.05) is 90.5 Å². The number of halogens is 1. The normalized spacial score (nSPS) is 13.4. The van der Waals surface area contributed by atoms with E-state index >= 15 is 0 Å². The van der Waals surface area contributed by atoms with Crippen molar-refractivity contribution in [2.45, 2.75) is 31.6 Å². The summed E-state index contributed by atoms with van der Waals surface area (Å²) >= 11 is 6.24. The van der Waals surface area contributed by atoms with Gasteiger partial charge in [-0.05, 0) is 52.9 Å². The monoisotopic (exact) mass is 584 g/mol. The predicted molar refractivity (Wildman–Crippen MR) is 160 cm³/mol. The van der Waals surface area contributed by atoms with Gasteiger partial charge in [0.1, 0.15) is 6.61 Å². The lowest BCUT2D eigenvalue weighted by Crippen LogP contribution is -2.48. The highest BCUT2D eigenvalue weighted by atomic mass is 35.5. The van der Waals surface area contributed by atoms with Crippen molar-refractivity contribution in [1.82, 2.24) is 5.32 Å². The van der Waals surface area contributed by atoms with Crippen LogP contribution in [-0.4, -0.2) is 41.8 Å². The van der Waals surface area contributed by atoms with Crippen molar-refractivity contribution in [2.24, 2.45) is 0 Å². The molecule has 8 nitrogen and oxygen atoms in total. The second-order valence-electron chi connectivity index (χ2n) is 9.97. The molecule has 0 fully saturated rings. The number of carbonyl (C=O) groups excluding carboxylic acids is 2. The first kappa shape index (κ1) is 28.9. The quantitative estimate of drug-likeness (QED) is 0.196. The summed E-state index contributed by atoms with van der Waals surface area (Å²) < 4.78 is 11.3. The van der Waals surface area contributed by atoms with Crippen molar-refractivity contribution >= 4 is 35.3 Å². The van der Waals surface area contributed by atoms with Gasteiger partial charge in [0.2, 0.25) is 0 Å². The minimum Gasteiger partial charge on any atom is -0.480 e. The molecule has 4 aromatic rings. The lowest BCUT2D eigenvalue weighted by Gasteiger charge is -2.22. The van der Waals surface area contributed by atoms with Crippen LogP contribution in [0.15, 0.2) is 97.1 Å². The average Bonchev–Trinajstić information content (AvgIpc) is 3.31. The maximum atomic E-state index is 13.0. The molecule has 0 spiro atoms. The second-order valence-corrected chi connectivity index (χ2v) is 10.4. The van der Waals surface area contributed by atoms with E-state index in [1.54, 1.807) is 6.92 Å². The van der Waals surface area contributed by atoms with Gasteiger partial charge in [-0.15, -0.1) is 0 Å². The average molecular weight is 585 g/mol. The lowest BCUT2D eigenvalue weighted by molar-refractivity contribution is -0.143. The highest BCUT2D eigenvalue weighted by Gasteiger charge is 2.30. The fourth-order valence-corrected chi connectivity index (χ4v) is 5.28. The van der Waals surface area contributed by atoms with Crippen molar-refractivity contribution in [2.75, 3.05) is 11.9 Å². The number of ether oxygens (including phenoxy) is 2. The molecule has 4 aromatic carbocycles. The number of carbonyl (C=O) groups is 3. The number of hydrogen-bond donors (Lipinski definition) is 3. The van der Waals surface area contributed by atoms with Gasteiger partial charge in [0.15, 0.2) is 6.04 Å². The Kier molecular flexibility index (Phi) is 8.85. The summed E-state index contributed by atoms with van der Waals surface area (Å²) in [6.45, 7) is 1.88. The number of hydrogen-bond acceptors (Lipinski definition) is 5. The molecule has 0 saturated heterocycles. The van der Waals surface area contributed by atoms with Crippen LogP contribution >= 0.6 is 11.6 Å².